The number of anilines is 1. The third-order valence-corrected chi connectivity index (χ3v) is 6.92. The van der Waals surface area contributed by atoms with E-state index in [4.69, 9.17) is 4.74 Å². The van der Waals surface area contributed by atoms with Crippen LogP contribution in [0.15, 0.2) is 42.7 Å². The van der Waals surface area contributed by atoms with Gasteiger partial charge in [-0.1, -0.05) is 12.1 Å². The largest absolute Gasteiger partial charge is 0.457 e. The SMILES string of the molecule is Cc1c([C@@H]2CN(Cc3cnn(-c4cccc(NS(C)(=O)=O)n4)c3)C[C@H](C)N2)ccc2c1COC2=O. The molecule has 2 aromatic heterocycles. The lowest BCUT2D eigenvalue weighted by molar-refractivity contribution is 0.0535. The van der Waals surface area contributed by atoms with Crippen LogP contribution in [-0.4, -0.2) is 59.4 Å². The van der Waals surface area contributed by atoms with Crippen molar-refractivity contribution in [2.75, 3.05) is 24.1 Å². The Morgan fingerprint density at radius 3 is 2.86 bits per heavy atom. The first kappa shape index (κ1) is 23.5. The van der Waals surface area contributed by atoms with Crippen LogP contribution in [0.4, 0.5) is 5.82 Å². The number of nitrogens with one attached hydrogen (secondary N) is 2. The lowest BCUT2D eigenvalue weighted by atomic mass is 9.92. The number of sulfonamides is 1. The average Bonchev–Trinajstić information content (AvgIpc) is 3.40. The van der Waals surface area contributed by atoms with E-state index in [0.29, 0.717) is 18.0 Å². The fourth-order valence-corrected chi connectivity index (χ4v) is 5.35. The molecule has 2 aliphatic heterocycles. The summed E-state index contributed by atoms with van der Waals surface area (Å²) in [7, 11) is -3.41. The van der Waals surface area contributed by atoms with Crippen LogP contribution in [-0.2, 0) is 27.9 Å². The number of carbonyl (C=O) groups excluding carboxylic acids is 1. The van der Waals surface area contributed by atoms with Crippen LogP contribution >= 0.6 is 0 Å². The topological polar surface area (TPSA) is 118 Å². The molecule has 10 nitrogen and oxygen atoms in total. The van der Waals surface area contributed by atoms with Gasteiger partial charge in [-0.05, 0) is 43.2 Å². The zero-order valence-electron chi connectivity index (χ0n) is 19.9. The van der Waals surface area contributed by atoms with Gasteiger partial charge in [0.1, 0.15) is 12.4 Å². The summed E-state index contributed by atoms with van der Waals surface area (Å²) in [4.78, 5) is 18.6. The second-order valence-corrected chi connectivity index (χ2v) is 11.0. The van der Waals surface area contributed by atoms with Crippen molar-refractivity contribution in [2.45, 2.75) is 39.1 Å². The Labute approximate surface area is 204 Å². The van der Waals surface area contributed by atoms with E-state index in [-0.39, 0.29) is 23.9 Å². The summed E-state index contributed by atoms with van der Waals surface area (Å²) in [6.45, 7) is 6.99. The zero-order valence-corrected chi connectivity index (χ0v) is 20.7. The van der Waals surface area contributed by atoms with Crippen LogP contribution < -0.4 is 10.0 Å². The number of fused-ring (bicyclic) bond motifs is 1. The van der Waals surface area contributed by atoms with Gasteiger partial charge >= 0.3 is 5.97 Å². The minimum Gasteiger partial charge on any atom is -0.457 e. The molecule has 0 amide bonds. The number of piperazine rings is 1. The maximum absolute atomic E-state index is 11.9. The summed E-state index contributed by atoms with van der Waals surface area (Å²) in [5, 5.41) is 8.13. The second kappa shape index (κ2) is 9.06. The second-order valence-electron chi connectivity index (χ2n) is 9.24. The number of carbonyl (C=O) groups is 1. The molecule has 11 heteroatoms. The number of pyridine rings is 1. The smallest absolute Gasteiger partial charge is 0.338 e. The summed E-state index contributed by atoms with van der Waals surface area (Å²) in [5.41, 5.74) is 4.99. The van der Waals surface area contributed by atoms with Crippen LogP contribution in [0.25, 0.3) is 5.82 Å². The van der Waals surface area contributed by atoms with Gasteiger partial charge in [-0.25, -0.2) is 22.9 Å². The Morgan fingerprint density at radius 2 is 2.06 bits per heavy atom. The Morgan fingerprint density at radius 1 is 1.23 bits per heavy atom. The van der Waals surface area contributed by atoms with Crippen molar-refractivity contribution in [2.24, 2.45) is 0 Å². The molecule has 2 N–H and O–H groups in total. The van der Waals surface area contributed by atoms with Gasteiger partial charge in [0.25, 0.3) is 0 Å². The fourth-order valence-electron chi connectivity index (χ4n) is 4.85. The number of benzene rings is 1. The zero-order chi connectivity index (χ0) is 24.7. The number of cyclic esters (lactones) is 1. The molecule has 184 valence electrons. The van der Waals surface area contributed by atoms with E-state index < -0.39 is 10.0 Å². The van der Waals surface area contributed by atoms with E-state index in [1.807, 2.05) is 24.5 Å². The number of esters is 1. The molecule has 0 unspecified atom stereocenters. The van der Waals surface area contributed by atoms with Crippen molar-refractivity contribution in [3.8, 4) is 5.82 Å². The van der Waals surface area contributed by atoms with E-state index in [1.54, 1.807) is 22.9 Å². The summed E-state index contributed by atoms with van der Waals surface area (Å²) in [5.74, 6) is 0.532. The van der Waals surface area contributed by atoms with E-state index in [9.17, 15) is 13.2 Å². The standard InChI is InChI=1S/C24H28N6O4S/c1-15-10-29(13-21(26-15)18-7-8-19-20(16(18)2)14-34-24(19)31)11-17-9-25-30(12-17)23-6-4-5-22(27-23)28-35(3,32)33/h4-9,12,15,21,26H,10-11,13-14H2,1-3H3,(H,27,28)/t15-,21-/m0/s1. The van der Waals surface area contributed by atoms with Gasteiger partial charge in [0, 0.05) is 49.0 Å². The quantitative estimate of drug-likeness (QED) is 0.499. The third-order valence-electron chi connectivity index (χ3n) is 6.34. The molecule has 1 fully saturated rings. The summed E-state index contributed by atoms with van der Waals surface area (Å²) in [6.07, 6.45) is 4.81. The van der Waals surface area contributed by atoms with Gasteiger partial charge in [0.05, 0.1) is 18.0 Å². The first-order valence-electron chi connectivity index (χ1n) is 11.4. The number of ether oxygens (including phenoxy) is 1. The van der Waals surface area contributed by atoms with E-state index in [2.05, 4.69) is 38.9 Å². The highest BCUT2D eigenvalue weighted by Crippen LogP contribution is 2.31. The number of hydrogen-bond donors (Lipinski definition) is 2. The Bertz CT molecular complexity index is 1390. The first-order valence-corrected chi connectivity index (χ1v) is 13.3. The lowest BCUT2D eigenvalue weighted by Gasteiger charge is -2.38. The molecule has 3 aromatic rings. The van der Waals surface area contributed by atoms with Crippen molar-refractivity contribution in [3.05, 3.63) is 70.5 Å². The number of hydrogen-bond acceptors (Lipinski definition) is 8. The van der Waals surface area contributed by atoms with Gasteiger partial charge in [-0.2, -0.15) is 5.10 Å². The highest BCUT2D eigenvalue weighted by Gasteiger charge is 2.30. The molecular weight excluding hydrogens is 468 g/mol. The van der Waals surface area contributed by atoms with E-state index in [1.165, 1.54) is 5.56 Å². The molecule has 35 heavy (non-hydrogen) atoms. The number of rotatable bonds is 6. The number of nitrogens with zero attached hydrogens (tertiary/aromatic N) is 4. The molecule has 0 bridgehead atoms. The third kappa shape index (κ3) is 5.07. The van der Waals surface area contributed by atoms with Gasteiger partial charge in [-0.3, -0.25) is 9.62 Å². The fraction of sp³-hybridized carbons (Fsp3) is 0.375. The van der Waals surface area contributed by atoms with Crippen molar-refractivity contribution in [1.29, 1.82) is 0 Å². The molecule has 0 radical (unpaired) electrons. The number of aromatic nitrogens is 3. The van der Waals surface area contributed by atoms with Gasteiger partial charge in [0.2, 0.25) is 10.0 Å². The summed E-state index contributed by atoms with van der Waals surface area (Å²) in [6, 6.07) is 9.44. The van der Waals surface area contributed by atoms with Gasteiger partial charge in [0.15, 0.2) is 5.82 Å². The lowest BCUT2D eigenvalue weighted by Crippen LogP contribution is -2.50. The molecule has 0 spiro atoms. The Balaban J connectivity index is 1.31. The first-order chi connectivity index (χ1) is 16.7. The minimum atomic E-state index is -3.41. The van der Waals surface area contributed by atoms with E-state index in [0.717, 1.165) is 42.6 Å². The maximum atomic E-state index is 11.9. The van der Waals surface area contributed by atoms with Crippen LogP contribution in [0, 0.1) is 6.92 Å². The summed E-state index contributed by atoms with van der Waals surface area (Å²) < 4.78 is 32.3. The van der Waals surface area contributed by atoms with Crippen molar-refractivity contribution < 1.29 is 17.9 Å². The normalized spacial score (nSPS) is 20.5. The van der Waals surface area contributed by atoms with Crippen molar-refractivity contribution in [3.63, 3.8) is 0 Å². The van der Waals surface area contributed by atoms with Crippen LogP contribution in [0.1, 0.15) is 45.6 Å². The minimum absolute atomic E-state index is 0.134. The predicted octanol–water partition coefficient (Wildman–Crippen LogP) is 2.15. The van der Waals surface area contributed by atoms with Crippen molar-refractivity contribution >= 4 is 21.8 Å². The predicted molar refractivity (Wildman–Crippen MR) is 131 cm³/mol. The Hall–Kier alpha value is -3.28. The monoisotopic (exact) mass is 496 g/mol. The highest BCUT2D eigenvalue weighted by molar-refractivity contribution is 7.92. The van der Waals surface area contributed by atoms with Crippen molar-refractivity contribution in [1.82, 2.24) is 25.0 Å². The molecule has 5 rings (SSSR count). The molecule has 0 saturated carbocycles. The average molecular weight is 497 g/mol. The highest BCUT2D eigenvalue weighted by atomic mass is 32.2. The Kier molecular flexibility index (Phi) is 6.07. The van der Waals surface area contributed by atoms with E-state index >= 15 is 0 Å². The molecule has 0 aliphatic carbocycles. The van der Waals surface area contributed by atoms with Gasteiger partial charge in [-0.15, -0.1) is 0 Å². The van der Waals surface area contributed by atoms with Crippen LogP contribution in [0.3, 0.4) is 0 Å². The summed E-state index contributed by atoms with van der Waals surface area (Å²) >= 11 is 0. The molecule has 1 saturated heterocycles. The molecule has 2 aliphatic rings. The molecule has 2 atom stereocenters. The van der Waals surface area contributed by atoms with Gasteiger partial charge < -0.3 is 10.1 Å². The molecule has 1 aromatic carbocycles. The molecular formula is C24H28N6O4S. The van der Waals surface area contributed by atoms with Crippen LogP contribution in [0.2, 0.25) is 0 Å². The molecule has 4 heterocycles. The van der Waals surface area contributed by atoms with Crippen LogP contribution in [0.5, 0.6) is 0 Å². The maximum Gasteiger partial charge on any atom is 0.338 e.